The van der Waals surface area contributed by atoms with Crippen LogP contribution in [0.15, 0.2) is 77.7 Å². The van der Waals surface area contributed by atoms with E-state index in [4.69, 9.17) is 9.47 Å². The van der Waals surface area contributed by atoms with Crippen molar-refractivity contribution in [1.29, 1.82) is 0 Å². The maximum absolute atomic E-state index is 12.8. The Labute approximate surface area is 190 Å². The number of hydrogen-bond donors (Lipinski definition) is 2. The Morgan fingerprint density at radius 1 is 1.00 bits per heavy atom. The Hall–Kier alpha value is -3.96. The maximum atomic E-state index is 12.8. The third kappa shape index (κ3) is 6.28. The quantitative estimate of drug-likeness (QED) is 0.261. The molecule has 3 rings (SSSR count). The summed E-state index contributed by atoms with van der Waals surface area (Å²) in [4.78, 5) is 22.8. The Morgan fingerprint density at radius 3 is 2.42 bits per heavy atom. The number of rotatable bonds is 10. The number of methoxy groups -OCH3 is 1. The number of nitro benzene ring substituents is 1. The van der Waals surface area contributed by atoms with Gasteiger partial charge in [-0.25, -0.2) is 8.42 Å². The van der Waals surface area contributed by atoms with Crippen molar-refractivity contribution >= 4 is 33.0 Å². The lowest BCUT2D eigenvalue weighted by Crippen LogP contribution is -2.18. The van der Waals surface area contributed by atoms with E-state index in [9.17, 15) is 23.3 Å². The standard InChI is InChI=1S/C22H21N3O7S/c1-31-13-14-32-18-11-9-16(10-12-18)23-22(26)20-7-2-3-8-21(20)24-33(29,30)19-6-4-5-17(15-19)25(27)28/h2-12,15,24H,13-14H2,1H3,(H,23,26). The Morgan fingerprint density at radius 2 is 1.73 bits per heavy atom. The average Bonchev–Trinajstić information content (AvgIpc) is 2.80. The van der Waals surface area contributed by atoms with Gasteiger partial charge in [0.1, 0.15) is 12.4 Å². The zero-order chi connectivity index (χ0) is 23.8. The van der Waals surface area contributed by atoms with Crippen LogP contribution >= 0.6 is 0 Å². The van der Waals surface area contributed by atoms with E-state index < -0.39 is 20.9 Å². The number of nitrogens with one attached hydrogen (secondary N) is 2. The second kappa shape index (κ2) is 10.6. The highest BCUT2D eigenvalue weighted by Crippen LogP contribution is 2.24. The third-order valence-corrected chi connectivity index (χ3v) is 5.79. The molecule has 0 atom stereocenters. The summed E-state index contributed by atoms with van der Waals surface area (Å²) in [6.45, 7) is 0.835. The van der Waals surface area contributed by atoms with E-state index in [0.29, 0.717) is 24.7 Å². The molecule has 0 spiro atoms. The van der Waals surface area contributed by atoms with Gasteiger partial charge < -0.3 is 14.8 Å². The zero-order valence-electron chi connectivity index (χ0n) is 17.6. The molecule has 0 unspecified atom stereocenters. The fourth-order valence-electron chi connectivity index (χ4n) is 2.81. The average molecular weight is 471 g/mol. The van der Waals surface area contributed by atoms with Gasteiger partial charge >= 0.3 is 0 Å². The molecule has 1 amide bonds. The van der Waals surface area contributed by atoms with E-state index in [2.05, 4.69) is 10.0 Å². The van der Waals surface area contributed by atoms with Gasteiger partial charge in [-0.15, -0.1) is 0 Å². The molecule has 3 aromatic carbocycles. The summed E-state index contributed by atoms with van der Waals surface area (Å²) < 4.78 is 38.3. The molecular weight excluding hydrogens is 450 g/mol. The first-order valence-electron chi connectivity index (χ1n) is 9.69. The number of benzene rings is 3. The van der Waals surface area contributed by atoms with Crippen molar-refractivity contribution in [1.82, 2.24) is 0 Å². The van der Waals surface area contributed by atoms with Gasteiger partial charge in [0.05, 0.1) is 27.7 Å². The lowest BCUT2D eigenvalue weighted by Gasteiger charge is -2.13. The van der Waals surface area contributed by atoms with Crippen LogP contribution in [0, 0.1) is 10.1 Å². The van der Waals surface area contributed by atoms with Crippen molar-refractivity contribution in [3.8, 4) is 5.75 Å². The summed E-state index contributed by atoms with van der Waals surface area (Å²) in [6, 6.07) is 17.3. The van der Waals surface area contributed by atoms with Crippen LogP contribution in [0.4, 0.5) is 17.1 Å². The summed E-state index contributed by atoms with van der Waals surface area (Å²) in [6.07, 6.45) is 0. The van der Waals surface area contributed by atoms with Gasteiger partial charge in [0.25, 0.3) is 21.6 Å². The van der Waals surface area contributed by atoms with Crippen molar-refractivity contribution < 1.29 is 27.6 Å². The number of para-hydroxylation sites is 1. The molecule has 2 N–H and O–H groups in total. The third-order valence-electron chi connectivity index (χ3n) is 4.42. The monoisotopic (exact) mass is 471 g/mol. The van der Waals surface area contributed by atoms with Crippen molar-refractivity contribution in [2.75, 3.05) is 30.4 Å². The number of carbonyl (C=O) groups excluding carboxylic acids is 1. The molecular formula is C22H21N3O7S. The lowest BCUT2D eigenvalue weighted by atomic mass is 10.1. The van der Waals surface area contributed by atoms with Crippen LogP contribution in [0.2, 0.25) is 0 Å². The molecule has 0 radical (unpaired) electrons. The van der Waals surface area contributed by atoms with Crippen molar-refractivity contribution in [2.24, 2.45) is 0 Å². The van der Waals surface area contributed by atoms with Crippen molar-refractivity contribution in [3.05, 3.63) is 88.5 Å². The van der Waals surface area contributed by atoms with E-state index in [-0.39, 0.29) is 21.8 Å². The van der Waals surface area contributed by atoms with Crippen LogP contribution in [0.3, 0.4) is 0 Å². The SMILES string of the molecule is COCCOc1ccc(NC(=O)c2ccccc2NS(=O)(=O)c2cccc([N+](=O)[O-])c2)cc1. The second-order valence-corrected chi connectivity index (χ2v) is 8.41. The summed E-state index contributed by atoms with van der Waals surface area (Å²) in [5.74, 6) is 0.0653. The highest BCUT2D eigenvalue weighted by molar-refractivity contribution is 7.92. The van der Waals surface area contributed by atoms with Crippen molar-refractivity contribution in [2.45, 2.75) is 4.90 Å². The number of hydrogen-bond acceptors (Lipinski definition) is 7. The Bertz CT molecular complexity index is 1240. The molecule has 172 valence electrons. The molecule has 3 aromatic rings. The molecule has 10 nitrogen and oxygen atoms in total. The minimum Gasteiger partial charge on any atom is -0.491 e. The molecule has 0 aromatic heterocycles. The number of anilines is 2. The van der Waals surface area contributed by atoms with Crippen LogP contribution in [0.5, 0.6) is 5.75 Å². The van der Waals surface area contributed by atoms with Gasteiger partial charge in [-0.1, -0.05) is 18.2 Å². The first-order valence-corrected chi connectivity index (χ1v) is 11.2. The Balaban J connectivity index is 1.76. The van der Waals surface area contributed by atoms with E-state index in [0.717, 1.165) is 6.07 Å². The topological polar surface area (TPSA) is 137 Å². The van der Waals surface area contributed by atoms with E-state index in [1.54, 1.807) is 43.5 Å². The minimum atomic E-state index is -4.18. The molecule has 33 heavy (non-hydrogen) atoms. The highest BCUT2D eigenvalue weighted by Gasteiger charge is 2.21. The number of non-ortho nitro benzene ring substituents is 1. The van der Waals surface area contributed by atoms with Crippen LogP contribution < -0.4 is 14.8 Å². The predicted octanol–water partition coefficient (Wildman–Crippen LogP) is 3.67. The molecule has 0 fully saturated rings. The molecule has 11 heteroatoms. The van der Waals surface area contributed by atoms with E-state index in [1.807, 2.05) is 0 Å². The van der Waals surface area contributed by atoms with Crippen molar-refractivity contribution in [3.63, 3.8) is 0 Å². The number of nitro groups is 1. The highest BCUT2D eigenvalue weighted by atomic mass is 32.2. The first kappa shape index (κ1) is 23.7. The van der Waals surface area contributed by atoms with Crippen LogP contribution in [0.1, 0.15) is 10.4 Å². The smallest absolute Gasteiger partial charge is 0.270 e. The normalized spacial score (nSPS) is 10.9. The summed E-state index contributed by atoms with van der Waals surface area (Å²) in [5.41, 5.74) is 0.224. The lowest BCUT2D eigenvalue weighted by molar-refractivity contribution is -0.385. The molecule has 0 heterocycles. The van der Waals surface area contributed by atoms with E-state index >= 15 is 0 Å². The zero-order valence-corrected chi connectivity index (χ0v) is 18.4. The Kier molecular flexibility index (Phi) is 7.59. The van der Waals surface area contributed by atoms with Crippen LogP contribution in [-0.4, -0.2) is 39.6 Å². The van der Waals surface area contributed by atoms with Gasteiger partial charge in [-0.05, 0) is 42.5 Å². The van der Waals surface area contributed by atoms with E-state index in [1.165, 1.54) is 30.3 Å². The largest absolute Gasteiger partial charge is 0.491 e. The molecule has 0 saturated heterocycles. The summed E-state index contributed by atoms with van der Waals surface area (Å²) >= 11 is 0. The molecule has 0 aliphatic rings. The van der Waals surface area contributed by atoms with Gasteiger partial charge in [0.2, 0.25) is 0 Å². The van der Waals surface area contributed by atoms with Gasteiger partial charge in [0.15, 0.2) is 0 Å². The molecule has 0 bridgehead atoms. The second-order valence-electron chi connectivity index (χ2n) is 6.73. The number of nitrogens with zero attached hydrogens (tertiary/aromatic N) is 1. The maximum Gasteiger partial charge on any atom is 0.270 e. The fraction of sp³-hybridized carbons (Fsp3) is 0.136. The summed E-state index contributed by atoms with van der Waals surface area (Å²) in [5, 5.41) is 13.7. The number of sulfonamides is 1. The molecule has 0 saturated carbocycles. The number of amides is 1. The van der Waals surface area contributed by atoms with Gasteiger partial charge in [-0.3, -0.25) is 19.6 Å². The fourth-order valence-corrected chi connectivity index (χ4v) is 3.93. The van der Waals surface area contributed by atoms with Crippen LogP contribution in [-0.2, 0) is 14.8 Å². The number of ether oxygens (including phenoxy) is 2. The van der Waals surface area contributed by atoms with Gasteiger partial charge in [-0.2, -0.15) is 0 Å². The number of carbonyl (C=O) groups is 1. The van der Waals surface area contributed by atoms with Crippen LogP contribution in [0.25, 0.3) is 0 Å². The molecule has 0 aliphatic heterocycles. The molecule has 0 aliphatic carbocycles. The minimum absolute atomic E-state index is 0.0287. The predicted molar refractivity (Wildman–Crippen MR) is 122 cm³/mol. The summed E-state index contributed by atoms with van der Waals surface area (Å²) in [7, 11) is -2.60. The van der Waals surface area contributed by atoms with Gasteiger partial charge in [0, 0.05) is 24.9 Å². The first-order chi connectivity index (χ1) is 15.8.